The molecule has 2 amide bonds. The number of halogens is 2. The number of nitrogens with zero attached hydrogens (tertiary/aromatic N) is 2. The summed E-state index contributed by atoms with van der Waals surface area (Å²) in [4.78, 5) is 26.3. The molecule has 0 heterocycles. The maximum atomic E-state index is 12.2. The first-order chi connectivity index (χ1) is 11.1. The van der Waals surface area contributed by atoms with Gasteiger partial charge in [-0.2, -0.15) is 5.26 Å². The predicted molar refractivity (Wildman–Crippen MR) is 94.2 cm³/mol. The highest BCUT2D eigenvalue weighted by atomic mass is 35.5. The fourth-order valence-electron chi connectivity index (χ4n) is 1.88. The lowest BCUT2D eigenvalue weighted by molar-refractivity contribution is -0.862. The maximum Gasteiger partial charge on any atom is 0.279 e. The van der Waals surface area contributed by atoms with E-state index in [-0.39, 0.29) is 24.9 Å². The zero-order valence-corrected chi connectivity index (χ0v) is 15.6. The molecular formula is C16H21Cl2N4O2+. The summed E-state index contributed by atoms with van der Waals surface area (Å²) in [6.45, 7) is 3.54. The van der Waals surface area contributed by atoms with E-state index < -0.39 is 5.54 Å². The largest absolute Gasteiger partial charge is 0.323 e. The average molecular weight is 372 g/mol. The van der Waals surface area contributed by atoms with Crippen LogP contribution in [-0.2, 0) is 9.59 Å². The number of hydrogen-bond acceptors (Lipinski definition) is 3. The van der Waals surface area contributed by atoms with Crippen molar-refractivity contribution in [3.05, 3.63) is 28.2 Å². The second-order valence-electron chi connectivity index (χ2n) is 6.11. The number of carbonyl (C=O) groups excluding carboxylic acids is 2. The van der Waals surface area contributed by atoms with Gasteiger partial charge in [-0.1, -0.05) is 23.2 Å². The average Bonchev–Trinajstić information content (AvgIpc) is 2.49. The number of amides is 2. The molecule has 24 heavy (non-hydrogen) atoms. The third-order valence-electron chi connectivity index (χ3n) is 3.60. The molecular weight excluding hydrogens is 351 g/mol. The highest BCUT2D eigenvalue weighted by molar-refractivity contribution is 6.42. The minimum atomic E-state index is -0.889. The van der Waals surface area contributed by atoms with Crippen molar-refractivity contribution in [2.45, 2.75) is 19.4 Å². The molecule has 0 aliphatic heterocycles. The van der Waals surface area contributed by atoms with Gasteiger partial charge < -0.3 is 15.1 Å². The van der Waals surface area contributed by atoms with E-state index >= 15 is 0 Å². The Bertz CT molecular complexity index is 671. The van der Waals surface area contributed by atoms with E-state index in [2.05, 4.69) is 11.4 Å². The molecule has 1 aromatic rings. The van der Waals surface area contributed by atoms with Crippen LogP contribution in [0, 0.1) is 11.3 Å². The van der Waals surface area contributed by atoms with Crippen LogP contribution in [0.5, 0.6) is 0 Å². The van der Waals surface area contributed by atoms with Gasteiger partial charge >= 0.3 is 0 Å². The van der Waals surface area contributed by atoms with Gasteiger partial charge in [-0.25, -0.2) is 0 Å². The summed E-state index contributed by atoms with van der Waals surface area (Å²) < 4.78 is 0. The van der Waals surface area contributed by atoms with E-state index in [1.807, 2.05) is 0 Å². The molecule has 8 heteroatoms. The fourth-order valence-corrected chi connectivity index (χ4v) is 2.18. The molecule has 2 N–H and O–H groups in total. The number of quaternary nitrogens is 1. The van der Waals surface area contributed by atoms with E-state index in [1.54, 1.807) is 46.1 Å². The van der Waals surface area contributed by atoms with Gasteiger partial charge in [-0.15, -0.1) is 0 Å². The number of rotatable bonds is 6. The van der Waals surface area contributed by atoms with Gasteiger partial charge in [0.2, 0.25) is 0 Å². The van der Waals surface area contributed by atoms with Crippen molar-refractivity contribution in [2.24, 2.45) is 0 Å². The van der Waals surface area contributed by atoms with Crippen LogP contribution in [0.25, 0.3) is 0 Å². The Morgan fingerprint density at radius 1 is 1.29 bits per heavy atom. The first-order valence-corrected chi connectivity index (χ1v) is 8.06. The summed E-state index contributed by atoms with van der Waals surface area (Å²) in [5.74, 6) is -0.456. The summed E-state index contributed by atoms with van der Waals surface area (Å²) >= 11 is 11.7. The summed E-state index contributed by atoms with van der Waals surface area (Å²) in [6, 6.07) is 6.88. The zero-order chi connectivity index (χ0) is 18.5. The van der Waals surface area contributed by atoms with Crippen molar-refractivity contribution < 1.29 is 14.5 Å². The molecule has 0 saturated carbocycles. The van der Waals surface area contributed by atoms with Crippen molar-refractivity contribution in [1.29, 1.82) is 5.26 Å². The molecule has 0 aromatic heterocycles. The lowest BCUT2D eigenvalue weighted by Gasteiger charge is -2.29. The highest BCUT2D eigenvalue weighted by Gasteiger charge is 2.29. The van der Waals surface area contributed by atoms with Gasteiger partial charge in [-0.3, -0.25) is 9.59 Å². The molecule has 0 radical (unpaired) electrons. The number of nitrogens with one attached hydrogen (secondary N) is 2. The number of nitriles is 1. The van der Waals surface area contributed by atoms with Crippen LogP contribution in [0.1, 0.15) is 13.8 Å². The number of carbonyl (C=O) groups is 2. The molecule has 0 bridgehead atoms. The van der Waals surface area contributed by atoms with Crippen LogP contribution in [0.4, 0.5) is 5.69 Å². The first kappa shape index (κ1) is 20.2. The molecule has 0 aliphatic rings. The lowest BCUT2D eigenvalue weighted by Crippen LogP contribution is -3.11. The molecule has 0 aliphatic carbocycles. The maximum absolute atomic E-state index is 12.2. The lowest BCUT2D eigenvalue weighted by atomic mass is 10.1. The van der Waals surface area contributed by atoms with Gasteiger partial charge in [0.1, 0.15) is 5.54 Å². The predicted octanol–water partition coefficient (Wildman–Crippen LogP) is 1.21. The van der Waals surface area contributed by atoms with Crippen LogP contribution < -0.4 is 10.2 Å². The van der Waals surface area contributed by atoms with Crippen molar-refractivity contribution in [1.82, 2.24) is 4.90 Å². The Hall–Kier alpha value is -1.81. The quantitative estimate of drug-likeness (QED) is 0.788. The van der Waals surface area contributed by atoms with Gasteiger partial charge in [0.25, 0.3) is 11.8 Å². The van der Waals surface area contributed by atoms with Crippen molar-refractivity contribution in [3.8, 4) is 6.07 Å². The third-order valence-corrected chi connectivity index (χ3v) is 4.34. The van der Waals surface area contributed by atoms with Crippen LogP contribution in [-0.4, -0.2) is 49.4 Å². The van der Waals surface area contributed by atoms with Crippen molar-refractivity contribution >= 4 is 40.7 Å². The summed E-state index contributed by atoms with van der Waals surface area (Å²) in [6.07, 6.45) is 0. The number of benzene rings is 1. The smallest absolute Gasteiger partial charge is 0.279 e. The zero-order valence-electron chi connectivity index (χ0n) is 14.1. The molecule has 1 rings (SSSR count). The Labute approximate surface area is 151 Å². The molecule has 0 spiro atoms. The Morgan fingerprint density at radius 3 is 2.46 bits per heavy atom. The van der Waals surface area contributed by atoms with Crippen LogP contribution in [0.15, 0.2) is 18.2 Å². The first-order valence-electron chi connectivity index (χ1n) is 7.31. The number of anilines is 1. The highest BCUT2D eigenvalue weighted by Crippen LogP contribution is 2.24. The monoisotopic (exact) mass is 371 g/mol. The van der Waals surface area contributed by atoms with Crippen LogP contribution in [0.2, 0.25) is 10.0 Å². The normalized spacial score (nSPS) is 12.2. The SMILES string of the molecule is CN(C(=O)C[NH+](C)CC(=O)Nc1ccc(Cl)c(Cl)c1)C(C)(C)C#N. The van der Waals surface area contributed by atoms with E-state index in [1.165, 1.54) is 4.90 Å². The van der Waals surface area contributed by atoms with Gasteiger partial charge in [0, 0.05) is 12.7 Å². The van der Waals surface area contributed by atoms with Crippen molar-refractivity contribution in [3.63, 3.8) is 0 Å². The molecule has 0 saturated heterocycles. The van der Waals surface area contributed by atoms with E-state index in [4.69, 9.17) is 28.5 Å². The fraction of sp³-hybridized carbons (Fsp3) is 0.438. The van der Waals surface area contributed by atoms with E-state index in [9.17, 15) is 9.59 Å². The second kappa shape index (κ2) is 8.34. The molecule has 1 aromatic carbocycles. The molecule has 6 nitrogen and oxygen atoms in total. The van der Waals surface area contributed by atoms with Crippen molar-refractivity contribution in [2.75, 3.05) is 32.5 Å². The summed E-state index contributed by atoms with van der Waals surface area (Å²) in [7, 11) is 3.31. The Morgan fingerprint density at radius 2 is 1.92 bits per heavy atom. The summed E-state index contributed by atoms with van der Waals surface area (Å²) in [5.41, 5.74) is -0.351. The molecule has 1 atom stereocenters. The molecule has 0 fully saturated rings. The molecule has 130 valence electrons. The Balaban J connectivity index is 2.57. The van der Waals surface area contributed by atoms with E-state index in [0.29, 0.717) is 20.6 Å². The third kappa shape index (κ3) is 5.68. The number of hydrogen-bond donors (Lipinski definition) is 2. The van der Waals surface area contributed by atoms with Gasteiger partial charge in [-0.05, 0) is 32.0 Å². The Kier molecular flexibility index (Phi) is 7.03. The van der Waals surface area contributed by atoms with Crippen LogP contribution in [0.3, 0.4) is 0 Å². The topological polar surface area (TPSA) is 77.6 Å². The second-order valence-corrected chi connectivity index (χ2v) is 6.93. The minimum absolute atomic E-state index is 0.104. The summed E-state index contributed by atoms with van der Waals surface area (Å²) in [5, 5.41) is 12.5. The van der Waals surface area contributed by atoms with Gasteiger partial charge in [0.15, 0.2) is 13.1 Å². The molecule has 1 unspecified atom stereocenters. The standard InChI is InChI=1S/C16H20Cl2N4O2/c1-16(2,10-19)22(4)15(24)9-21(3)8-14(23)20-11-5-6-12(17)13(18)7-11/h5-7H,8-9H2,1-4H3,(H,20,23)/p+1. The van der Waals surface area contributed by atoms with E-state index in [0.717, 1.165) is 0 Å². The number of likely N-dealkylation sites (N-methyl/N-ethyl adjacent to an activating group) is 2. The van der Waals surface area contributed by atoms with Gasteiger partial charge in [0.05, 0.1) is 23.2 Å². The minimum Gasteiger partial charge on any atom is -0.323 e. The van der Waals surface area contributed by atoms with Crippen LogP contribution >= 0.6 is 23.2 Å².